The van der Waals surface area contributed by atoms with Crippen molar-refractivity contribution in [2.45, 2.75) is 0 Å². The van der Waals surface area contributed by atoms with Crippen LogP contribution in [0.25, 0.3) is 4.85 Å². The summed E-state index contributed by atoms with van der Waals surface area (Å²) in [5.74, 6) is -0.312. The first-order valence-electron chi connectivity index (χ1n) is 7.06. The topological polar surface area (TPSA) is 44.5 Å². The molecule has 0 saturated heterocycles. The van der Waals surface area contributed by atoms with Gasteiger partial charge in [-0.05, 0) is 6.07 Å². The van der Waals surface area contributed by atoms with Crippen molar-refractivity contribution in [1.82, 2.24) is 0 Å². The van der Waals surface area contributed by atoms with Gasteiger partial charge >= 0.3 is 18.9 Å². The molecule has 5 heteroatoms. The van der Waals surface area contributed by atoms with Crippen LogP contribution < -0.4 is 39.9 Å². The van der Waals surface area contributed by atoms with Gasteiger partial charge in [0.1, 0.15) is 0 Å². The maximum Gasteiger partial charge on any atom is 1.00 e. The third-order valence-corrected chi connectivity index (χ3v) is 6.73. The van der Waals surface area contributed by atoms with Gasteiger partial charge in [-0.25, -0.2) is 4.85 Å². The molecule has 0 aliphatic heterocycles. The molecule has 0 atom stereocenters. The molecule has 3 aromatic rings. The van der Waals surface area contributed by atoms with E-state index in [4.69, 9.17) is 6.57 Å². The van der Waals surface area contributed by atoms with Gasteiger partial charge in [0.2, 0.25) is 0 Å². The number of hydrogen-bond donors (Lipinski definition) is 0. The van der Waals surface area contributed by atoms with Crippen molar-refractivity contribution in [3.63, 3.8) is 0 Å². The number of nitrogens with zero attached hydrogens (tertiary/aromatic N) is 1. The van der Waals surface area contributed by atoms with E-state index in [9.17, 15) is 9.67 Å². The minimum Gasteiger partial charge on any atom is -0.872 e. The van der Waals surface area contributed by atoms with E-state index in [2.05, 4.69) is 4.85 Å². The van der Waals surface area contributed by atoms with Gasteiger partial charge in [-0.3, -0.25) is 0 Å². The summed E-state index contributed by atoms with van der Waals surface area (Å²) in [6.07, 6.45) is 0. The van der Waals surface area contributed by atoms with Gasteiger partial charge in [0.05, 0.1) is 6.57 Å². The van der Waals surface area contributed by atoms with Gasteiger partial charge in [0, 0.05) is 15.9 Å². The summed E-state index contributed by atoms with van der Waals surface area (Å²) in [5.41, 5.74) is 0.312. The molecule has 0 saturated carbocycles. The Hall–Kier alpha value is -2.22. The minimum absolute atomic E-state index is 0. The van der Waals surface area contributed by atoms with Crippen molar-refractivity contribution in [1.29, 1.82) is 0 Å². The number of rotatable bonds is 3. The molecule has 0 amide bonds. The Morgan fingerprint density at radius 1 is 0.833 bits per heavy atom. The van der Waals surface area contributed by atoms with E-state index in [1.165, 1.54) is 18.2 Å². The predicted octanol–water partition coefficient (Wildman–Crippen LogP) is -0.0456. The Labute approximate surface area is 153 Å². The van der Waals surface area contributed by atoms with Crippen molar-refractivity contribution >= 4 is 28.7 Å². The fourth-order valence-electron chi connectivity index (χ4n) is 2.52. The largest absolute Gasteiger partial charge is 1.00 e. The molecule has 0 radical (unpaired) electrons. The van der Waals surface area contributed by atoms with Crippen LogP contribution in [-0.2, 0) is 4.57 Å². The second kappa shape index (κ2) is 7.56. The maximum absolute atomic E-state index is 14.0. The zero-order valence-corrected chi connectivity index (χ0v) is 14.1. The molecule has 3 nitrogen and oxygen atoms in total. The standard InChI is InChI=1S/C19H14NO2P.Li/c1-20-15-12-13-18(21)19(14-15)23(22,16-8-4-2-5-9-16)17-10-6-3-7-11-17;/h2-14,21H;/q;+1/p-1. The van der Waals surface area contributed by atoms with Crippen molar-refractivity contribution < 1.29 is 28.5 Å². The number of benzene rings is 3. The summed E-state index contributed by atoms with van der Waals surface area (Å²) >= 11 is 0. The second-order valence-corrected chi connectivity index (χ2v) is 7.78. The summed E-state index contributed by atoms with van der Waals surface area (Å²) in [5, 5.41) is 13.8. The van der Waals surface area contributed by atoms with Crippen LogP contribution in [-0.4, -0.2) is 0 Å². The van der Waals surface area contributed by atoms with E-state index in [0.29, 0.717) is 16.3 Å². The van der Waals surface area contributed by atoms with Gasteiger partial charge in [-0.2, -0.15) is 0 Å². The molecule has 0 aromatic heterocycles. The quantitative estimate of drug-likeness (QED) is 0.385. The summed E-state index contributed by atoms with van der Waals surface area (Å²) < 4.78 is 14.0. The van der Waals surface area contributed by atoms with Crippen LogP contribution in [0.2, 0.25) is 0 Å². The Kier molecular flexibility index (Phi) is 5.71. The van der Waals surface area contributed by atoms with E-state index >= 15 is 0 Å². The van der Waals surface area contributed by atoms with Crippen LogP contribution in [0.15, 0.2) is 78.9 Å². The fourth-order valence-corrected chi connectivity index (χ4v) is 5.26. The average Bonchev–Trinajstić information content (AvgIpc) is 2.63. The molecule has 3 rings (SSSR count). The Morgan fingerprint density at radius 3 is 1.79 bits per heavy atom. The van der Waals surface area contributed by atoms with Crippen molar-refractivity contribution in [3.8, 4) is 5.75 Å². The Bertz CT molecular complexity index is 878. The zero-order valence-electron chi connectivity index (χ0n) is 13.2. The average molecular weight is 325 g/mol. The summed E-state index contributed by atoms with van der Waals surface area (Å²) in [7, 11) is -3.31. The first kappa shape index (κ1) is 18.1. The van der Waals surface area contributed by atoms with Gasteiger partial charge in [0.15, 0.2) is 12.8 Å². The molecule has 3 aromatic carbocycles. The summed E-state index contributed by atoms with van der Waals surface area (Å²) in [6.45, 7) is 7.16. The van der Waals surface area contributed by atoms with Crippen LogP contribution in [0.4, 0.5) is 5.69 Å². The van der Waals surface area contributed by atoms with Gasteiger partial charge in [0.25, 0.3) is 0 Å². The first-order valence-corrected chi connectivity index (χ1v) is 8.77. The molecule has 0 aliphatic carbocycles. The van der Waals surface area contributed by atoms with Crippen LogP contribution in [0.5, 0.6) is 5.75 Å². The molecular formula is C19H13LiNO2P. The molecule has 0 heterocycles. The van der Waals surface area contributed by atoms with E-state index in [0.717, 1.165) is 0 Å². The Morgan fingerprint density at radius 2 is 1.33 bits per heavy atom. The van der Waals surface area contributed by atoms with Gasteiger partial charge < -0.3 is 9.67 Å². The van der Waals surface area contributed by atoms with Crippen molar-refractivity contribution in [3.05, 3.63) is 90.3 Å². The van der Waals surface area contributed by atoms with Crippen molar-refractivity contribution in [2.24, 2.45) is 0 Å². The van der Waals surface area contributed by atoms with E-state index < -0.39 is 7.14 Å². The molecule has 0 spiro atoms. The third-order valence-electron chi connectivity index (χ3n) is 3.65. The summed E-state index contributed by atoms with van der Waals surface area (Å²) in [6, 6.07) is 22.2. The Balaban J connectivity index is 0.00000208. The smallest absolute Gasteiger partial charge is 0.872 e. The molecule has 112 valence electrons. The molecule has 0 fully saturated rings. The molecular weight excluding hydrogens is 312 g/mol. The molecule has 0 N–H and O–H groups in total. The maximum atomic E-state index is 14.0. The SMILES string of the molecule is [C-]#[N+]c1ccc([O-])c(P(=O)(c2ccccc2)c2ccccc2)c1.[Li+]. The summed E-state index contributed by atoms with van der Waals surface area (Å²) in [4.78, 5) is 3.36. The van der Waals surface area contributed by atoms with E-state index in [1.807, 2.05) is 12.1 Å². The van der Waals surface area contributed by atoms with Crippen LogP contribution >= 0.6 is 7.14 Å². The van der Waals surface area contributed by atoms with E-state index in [1.54, 1.807) is 48.5 Å². The van der Waals surface area contributed by atoms with Crippen LogP contribution in [0.1, 0.15) is 0 Å². The number of hydrogen-bond acceptors (Lipinski definition) is 2. The van der Waals surface area contributed by atoms with Crippen LogP contribution in [0.3, 0.4) is 0 Å². The minimum atomic E-state index is -3.31. The van der Waals surface area contributed by atoms with Crippen LogP contribution in [0, 0.1) is 6.57 Å². The monoisotopic (exact) mass is 325 g/mol. The second-order valence-electron chi connectivity index (χ2n) is 5.04. The molecule has 0 aliphatic rings. The van der Waals surface area contributed by atoms with Gasteiger partial charge in [-0.1, -0.05) is 78.5 Å². The molecule has 24 heavy (non-hydrogen) atoms. The van der Waals surface area contributed by atoms with Gasteiger partial charge in [-0.15, -0.1) is 0 Å². The predicted molar refractivity (Wildman–Crippen MR) is 91.5 cm³/mol. The zero-order chi connectivity index (χ0) is 16.3. The first-order chi connectivity index (χ1) is 11.2. The third kappa shape index (κ3) is 3.19. The fraction of sp³-hybridized carbons (Fsp3) is 0. The van der Waals surface area contributed by atoms with E-state index in [-0.39, 0.29) is 29.9 Å². The molecule has 0 unspecified atom stereocenters. The molecule has 0 bridgehead atoms. The van der Waals surface area contributed by atoms with Crippen molar-refractivity contribution in [2.75, 3.05) is 0 Å². The normalized spacial score (nSPS) is 10.5.